The number of aromatic nitrogens is 1. The van der Waals surface area contributed by atoms with Gasteiger partial charge in [0.25, 0.3) is 0 Å². The molecule has 1 unspecified atom stereocenters. The molecule has 25 heavy (non-hydrogen) atoms. The zero-order valence-corrected chi connectivity index (χ0v) is 16.7. The molecule has 0 spiro atoms. The fraction of sp³-hybridized carbons (Fsp3) is 0.450. The summed E-state index contributed by atoms with van der Waals surface area (Å²) in [6.07, 6.45) is 1.39. The minimum Gasteiger partial charge on any atom is -0.453 e. The molecule has 0 saturated heterocycles. The van der Waals surface area contributed by atoms with Crippen molar-refractivity contribution in [2.24, 2.45) is 0 Å². The number of nitrogens with zero attached hydrogens (tertiary/aromatic N) is 1. The molecule has 1 aliphatic rings. The Bertz CT molecular complexity index is 804. The number of para-hydroxylation sites is 1. The van der Waals surface area contributed by atoms with Crippen LogP contribution in [0.3, 0.4) is 0 Å². The summed E-state index contributed by atoms with van der Waals surface area (Å²) in [7, 11) is 0.225. The topological polar surface area (TPSA) is 45.3 Å². The van der Waals surface area contributed by atoms with Gasteiger partial charge in [0.05, 0.1) is 13.2 Å². The third kappa shape index (κ3) is 3.66. The lowest BCUT2D eigenvalue weighted by molar-refractivity contribution is 0.0998. The van der Waals surface area contributed by atoms with E-state index >= 15 is 0 Å². The third-order valence-corrected chi connectivity index (χ3v) is 6.39. The Hall–Kier alpha value is -2.01. The predicted molar refractivity (Wildman–Crippen MR) is 106 cm³/mol. The lowest BCUT2D eigenvalue weighted by atomic mass is 9.94. The van der Waals surface area contributed by atoms with E-state index in [4.69, 9.17) is 4.74 Å². The molecule has 134 valence electrons. The summed E-state index contributed by atoms with van der Waals surface area (Å²) in [4.78, 5) is 17.8. The monoisotopic (exact) mass is 356 g/mol. The highest BCUT2D eigenvalue weighted by atomic mass is 28.3. The molecule has 1 aliphatic heterocycles. The molecule has 2 heterocycles. The van der Waals surface area contributed by atoms with Gasteiger partial charge in [-0.2, -0.15) is 0 Å². The maximum atomic E-state index is 12.3. The third-order valence-electron chi connectivity index (χ3n) is 4.83. The van der Waals surface area contributed by atoms with Crippen molar-refractivity contribution in [3.05, 3.63) is 47.7 Å². The number of hydrogen-bond acceptors (Lipinski definition) is 2. The van der Waals surface area contributed by atoms with Gasteiger partial charge in [-0.1, -0.05) is 43.4 Å². The fourth-order valence-corrected chi connectivity index (χ4v) is 5.61. The fourth-order valence-electron chi connectivity index (χ4n) is 3.96. The van der Waals surface area contributed by atoms with E-state index in [-0.39, 0.29) is 12.1 Å². The first-order chi connectivity index (χ1) is 11.8. The Labute approximate surface area is 150 Å². The molecular weight excluding hydrogens is 328 g/mol. The highest BCUT2D eigenvalue weighted by Crippen LogP contribution is 2.38. The van der Waals surface area contributed by atoms with Gasteiger partial charge in [0.2, 0.25) is 0 Å². The number of hydrogen-bond donors (Lipinski definition) is 1. The van der Waals surface area contributed by atoms with Crippen molar-refractivity contribution < 1.29 is 9.53 Å². The number of carbonyl (C=O) groups is 1. The van der Waals surface area contributed by atoms with Gasteiger partial charge in [0, 0.05) is 31.2 Å². The van der Waals surface area contributed by atoms with Crippen molar-refractivity contribution in [2.45, 2.75) is 44.6 Å². The Morgan fingerprint density at radius 1 is 1.36 bits per heavy atom. The molecule has 0 bridgehead atoms. The van der Waals surface area contributed by atoms with E-state index in [1.54, 1.807) is 0 Å². The first kappa shape index (κ1) is 17.8. The maximum absolute atomic E-state index is 12.3. The van der Waals surface area contributed by atoms with Crippen molar-refractivity contribution >= 4 is 25.1 Å². The van der Waals surface area contributed by atoms with Crippen LogP contribution in [-0.2, 0) is 11.2 Å². The average molecular weight is 357 g/mol. The number of rotatable bonds is 4. The van der Waals surface area contributed by atoms with Crippen LogP contribution in [-0.4, -0.2) is 37.7 Å². The molecule has 4 nitrogen and oxygen atoms in total. The van der Waals surface area contributed by atoms with Gasteiger partial charge in [0.1, 0.15) is 0 Å². The zero-order valence-electron chi connectivity index (χ0n) is 15.7. The van der Waals surface area contributed by atoms with E-state index in [1.165, 1.54) is 23.6 Å². The number of methoxy groups -OCH3 is 1. The number of H-pyrrole nitrogens is 1. The molecule has 0 radical (unpaired) electrons. The summed E-state index contributed by atoms with van der Waals surface area (Å²) in [5.74, 6) is 0. The quantitative estimate of drug-likeness (QED) is 0.610. The number of amides is 1. The Balaban J connectivity index is 1.98. The molecule has 0 saturated carbocycles. The summed E-state index contributed by atoms with van der Waals surface area (Å²) in [6, 6.07) is 9.43. The number of benzene rings is 1. The number of carbonyl (C=O) groups excluding carboxylic acids is 1. The number of nitrogens with one attached hydrogen (secondary N) is 1. The number of ether oxygens (including phenoxy) is 1. The highest BCUT2D eigenvalue weighted by molar-refractivity contribution is 6.76. The second-order valence-corrected chi connectivity index (χ2v) is 13.7. The van der Waals surface area contributed by atoms with Crippen LogP contribution in [0.4, 0.5) is 4.79 Å². The summed E-state index contributed by atoms with van der Waals surface area (Å²) < 4.78 is 5.04. The van der Waals surface area contributed by atoms with Crippen LogP contribution < -0.4 is 0 Å². The van der Waals surface area contributed by atoms with Crippen molar-refractivity contribution in [3.8, 4) is 0 Å². The van der Waals surface area contributed by atoms with Crippen LogP contribution in [0.25, 0.3) is 10.9 Å². The van der Waals surface area contributed by atoms with Crippen molar-refractivity contribution in [2.75, 3.05) is 13.7 Å². The second-order valence-electron chi connectivity index (χ2n) is 8.18. The van der Waals surface area contributed by atoms with Gasteiger partial charge in [-0.3, -0.25) is 4.90 Å². The van der Waals surface area contributed by atoms with Crippen LogP contribution >= 0.6 is 0 Å². The molecule has 0 aliphatic carbocycles. The van der Waals surface area contributed by atoms with Crippen LogP contribution in [0.2, 0.25) is 25.7 Å². The van der Waals surface area contributed by atoms with Crippen molar-refractivity contribution in [1.29, 1.82) is 0 Å². The lowest BCUT2D eigenvalue weighted by Gasteiger charge is -2.35. The molecule has 3 rings (SSSR count). The molecule has 1 N–H and O–H groups in total. The summed E-state index contributed by atoms with van der Waals surface area (Å²) in [5, 5.41) is 1.27. The van der Waals surface area contributed by atoms with Crippen LogP contribution in [0, 0.1) is 0 Å². The maximum Gasteiger partial charge on any atom is 0.410 e. The Kier molecular flexibility index (Phi) is 4.78. The van der Waals surface area contributed by atoms with Crippen LogP contribution in [0.15, 0.2) is 36.4 Å². The lowest BCUT2D eigenvalue weighted by Crippen LogP contribution is -2.40. The molecule has 1 atom stereocenters. The Morgan fingerprint density at radius 3 is 2.76 bits per heavy atom. The second kappa shape index (κ2) is 6.71. The van der Waals surface area contributed by atoms with E-state index in [2.05, 4.69) is 49.4 Å². The molecule has 1 aromatic carbocycles. The largest absolute Gasteiger partial charge is 0.453 e. The molecule has 5 heteroatoms. The average Bonchev–Trinajstić information content (AvgIpc) is 2.92. The number of aromatic amines is 1. The standard InChI is InChI=1S/C20H28N2O2Si/c1-14(13-25(3,4)5)12-18-19-16(10-11-22(18)20(23)24-2)15-8-6-7-9-17(15)21-19/h6-9,18,21H,1,10-13H2,2-5H3. The van der Waals surface area contributed by atoms with Gasteiger partial charge < -0.3 is 9.72 Å². The van der Waals surface area contributed by atoms with Crippen molar-refractivity contribution in [3.63, 3.8) is 0 Å². The van der Waals surface area contributed by atoms with E-state index in [0.29, 0.717) is 6.54 Å². The molecule has 1 aromatic heterocycles. The smallest absolute Gasteiger partial charge is 0.410 e. The van der Waals surface area contributed by atoms with Gasteiger partial charge in [-0.05, 0) is 30.5 Å². The van der Waals surface area contributed by atoms with Gasteiger partial charge in [-0.25, -0.2) is 4.79 Å². The summed E-state index contributed by atoms with van der Waals surface area (Å²) in [6.45, 7) is 12.1. The first-order valence-corrected chi connectivity index (χ1v) is 12.6. The number of fused-ring (bicyclic) bond motifs is 3. The van der Waals surface area contributed by atoms with E-state index in [9.17, 15) is 4.79 Å². The van der Waals surface area contributed by atoms with Gasteiger partial charge in [0.15, 0.2) is 0 Å². The van der Waals surface area contributed by atoms with Gasteiger partial charge in [-0.15, -0.1) is 6.58 Å². The van der Waals surface area contributed by atoms with Crippen LogP contribution in [0.5, 0.6) is 0 Å². The van der Waals surface area contributed by atoms with E-state index in [0.717, 1.165) is 30.1 Å². The predicted octanol–water partition coefficient (Wildman–Crippen LogP) is 5.12. The van der Waals surface area contributed by atoms with E-state index < -0.39 is 8.07 Å². The molecule has 0 fully saturated rings. The van der Waals surface area contributed by atoms with E-state index in [1.807, 2.05) is 11.0 Å². The minimum absolute atomic E-state index is 0.0209. The summed E-state index contributed by atoms with van der Waals surface area (Å²) >= 11 is 0. The molecular formula is C20H28N2O2Si. The zero-order chi connectivity index (χ0) is 18.2. The normalized spacial score (nSPS) is 17.4. The molecule has 2 aromatic rings. The van der Waals surface area contributed by atoms with Gasteiger partial charge >= 0.3 is 6.09 Å². The highest BCUT2D eigenvalue weighted by Gasteiger charge is 2.34. The Morgan fingerprint density at radius 2 is 2.08 bits per heavy atom. The van der Waals surface area contributed by atoms with Crippen LogP contribution in [0.1, 0.15) is 23.7 Å². The summed E-state index contributed by atoms with van der Waals surface area (Å²) in [5.41, 5.74) is 4.85. The molecule has 1 amide bonds. The van der Waals surface area contributed by atoms with Crippen molar-refractivity contribution in [1.82, 2.24) is 9.88 Å². The SMILES string of the molecule is C=C(CC1c2[nH]c3ccccc3c2CCN1C(=O)OC)C[Si](C)(C)C. The minimum atomic E-state index is -1.23. The first-order valence-electron chi connectivity index (χ1n) is 8.91.